The number of amides is 1. The monoisotopic (exact) mass is 305 g/mol. The lowest BCUT2D eigenvalue weighted by atomic mass is 9.96. The van der Waals surface area contributed by atoms with Gasteiger partial charge in [0.1, 0.15) is 5.37 Å². The molecule has 2 heterocycles. The van der Waals surface area contributed by atoms with Crippen molar-refractivity contribution >= 4 is 37.9 Å². The van der Waals surface area contributed by atoms with Gasteiger partial charge in [-0.05, 0) is 37.0 Å². The fourth-order valence-corrected chi connectivity index (χ4v) is 6.43. The van der Waals surface area contributed by atoms with Crippen LogP contribution in [-0.2, 0) is 9.22 Å². The Morgan fingerprint density at radius 3 is 2.61 bits per heavy atom. The maximum absolute atomic E-state index is 12.0. The lowest BCUT2D eigenvalue weighted by Crippen LogP contribution is -2.60. The zero-order valence-electron chi connectivity index (χ0n) is 12.0. The Balaban J connectivity index is 2.01. The van der Waals surface area contributed by atoms with Crippen molar-refractivity contribution in [2.45, 2.75) is 57.3 Å². The summed E-state index contributed by atoms with van der Waals surface area (Å²) >= 11 is 3.52. The SMILES string of the molecule is CC(O[Si](C)(C)C(C)(C)C)C1C(=O)N2SCSC12. The molecule has 2 saturated heterocycles. The quantitative estimate of drug-likeness (QED) is 0.453. The van der Waals surface area contributed by atoms with E-state index in [-0.39, 0.29) is 23.0 Å². The summed E-state index contributed by atoms with van der Waals surface area (Å²) in [5.74, 6) is 0.334. The molecule has 0 bridgehead atoms. The molecular formula is C12H23NO2S2Si. The van der Waals surface area contributed by atoms with E-state index < -0.39 is 8.32 Å². The van der Waals surface area contributed by atoms with Crippen LogP contribution in [-0.4, -0.2) is 35.1 Å². The van der Waals surface area contributed by atoms with Gasteiger partial charge < -0.3 is 4.43 Å². The Morgan fingerprint density at radius 1 is 1.44 bits per heavy atom. The summed E-state index contributed by atoms with van der Waals surface area (Å²) < 4.78 is 8.27. The summed E-state index contributed by atoms with van der Waals surface area (Å²) in [5, 5.41) is 1.55. The summed E-state index contributed by atoms with van der Waals surface area (Å²) in [4.78, 5) is 12.0. The number of nitrogens with zero attached hydrogens (tertiary/aromatic N) is 1. The Labute approximate surface area is 120 Å². The topological polar surface area (TPSA) is 29.5 Å². The van der Waals surface area contributed by atoms with Gasteiger partial charge in [0.2, 0.25) is 5.91 Å². The van der Waals surface area contributed by atoms with Crippen molar-refractivity contribution in [3.63, 3.8) is 0 Å². The van der Waals surface area contributed by atoms with E-state index in [9.17, 15) is 4.79 Å². The summed E-state index contributed by atoms with van der Waals surface area (Å²) in [5.41, 5.74) is 0. The van der Waals surface area contributed by atoms with E-state index in [4.69, 9.17) is 4.43 Å². The zero-order valence-corrected chi connectivity index (χ0v) is 14.7. The second-order valence-corrected chi connectivity index (χ2v) is 13.7. The standard InChI is InChI=1S/C12H23NO2S2Si/c1-8(15-18(5,6)12(2,3)4)9-10(14)13-11(9)16-7-17-13/h8-9,11H,7H2,1-6H3. The molecule has 0 aliphatic carbocycles. The van der Waals surface area contributed by atoms with Crippen molar-refractivity contribution < 1.29 is 9.22 Å². The second-order valence-electron chi connectivity index (χ2n) is 6.58. The molecule has 0 spiro atoms. The van der Waals surface area contributed by atoms with Crippen molar-refractivity contribution in [3.8, 4) is 0 Å². The Kier molecular flexibility index (Phi) is 3.87. The van der Waals surface area contributed by atoms with Gasteiger partial charge in [-0.15, -0.1) is 11.8 Å². The van der Waals surface area contributed by atoms with Gasteiger partial charge in [-0.25, -0.2) is 0 Å². The summed E-state index contributed by atoms with van der Waals surface area (Å²) in [6, 6.07) is 0. The van der Waals surface area contributed by atoms with Gasteiger partial charge in [0, 0.05) is 0 Å². The first-order chi connectivity index (χ1) is 8.15. The Bertz CT molecular complexity index is 356. The number of carbonyl (C=O) groups is 1. The van der Waals surface area contributed by atoms with E-state index in [0.717, 1.165) is 5.08 Å². The predicted molar refractivity (Wildman–Crippen MR) is 81.9 cm³/mol. The molecular weight excluding hydrogens is 282 g/mol. The minimum Gasteiger partial charge on any atom is -0.413 e. The highest BCUT2D eigenvalue weighted by atomic mass is 32.2. The molecule has 3 atom stereocenters. The van der Waals surface area contributed by atoms with Crippen LogP contribution in [0.15, 0.2) is 0 Å². The van der Waals surface area contributed by atoms with Gasteiger partial charge in [0.05, 0.1) is 17.1 Å². The number of hydrogen-bond acceptors (Lipinski definition) is 4. The van der Waals surface area contributed by atoms with Crippen molar-refractivity contribution in [3.05, 3.63) is 0 Å². The largest absolute Gasteiger partial charge is 0.413 e. The molecule has 0 saturated carbocycles. The highest BCUT2D eigenvalue weighted by molar-refractivity contribution is 8.18. The molecule has 0 N–H and O–H groups in total. The molecule has 2 aliphatic rings. The number of β-lactam (4-membered cyclic amide) rings is 1. The average molecular weight is 306 g/mol. The van der Waals surface area contributed by atoms with E-state index in [1.807, 2.05) is 16.1 Å². The average Bonchev–Trinajstić information content (AvgIpc) is 2.58. The molecule has 0 aromatic carbocycles. The van der Waals surface area contributed by atoms with Crippen molar-refractivity contribution in [2.75, 3.05) is 5.08 Å². The first kappa shape index (κ1) is 14.7. The van der Waals surface area contributed by atoms with Crippen LogP contribution in [0.25, 0.3) is 0 Å². The summed E-state index contributed by atoms with van der Waals surface area (Å²) in [6.45, 7) is 13.3. The smallest absolute Gasteiger partial charge is 0.242 e. The summed E-state index contributed by atoms with van der Waals surface area (Å²) in [6.07, 6.45) is 0.0471. The molecule has 2 aliphatic heterocycles. The molecule has 3 nitrogen and oxygen atoms in total. The number of fused-ring (bicyclic) bond motifs is 1. The minimum atomic E-state index is -1.77. The maximum Gasteiger partial charge on any atom is 0.242 e. The molecule has 3 unspecified atom stereocenters. The van der Waals surface area contributed by atoms with Crippen LogP contribution in [0.1, 0.15) is 27.7 Å². The number of rotatable bonds is 3. The molecule has 2 rings (SSSR count). The summed E-state index contributed by atoms with van der Waals surface area (Å²) in [7, 11) is -1.77. The van der Waals surface area contributed by atoms with Crippen LogP contribution in [0.5, 0.6) is 0 Å². The van der Waals surface area contributed by atoms with Gasteiger partial charge in [-0.3, -0.25) is 9.10 Å². The third-order valence-corrected chi connectivity index (χ3v) is 11.5. The van der Waals surface area contributed by atoms with E-state index in [1.54, 1.807) is 11.9 Å². The van der Waals surface area contributed by atoms with Crippen LogP contribution in [0, 0.1) is 5.92 Å². The minimum absolute atomic E-state index is 0.0471. The van der Waals surface area contributed by atoms with E-state index in [2.05, 4.69) is 40.8 Å². The van der Waals surface area contributed by atoms with Gasteiger partial charge in [-0.1, -0.05) is 20.8 Å². The first-order valence-electron chi connectivity index (χ1n) is 6.40. The normalized spacial score (nSPS) is 30.1. The molecule has 2 fully saturated rings. The molecule has 18 heavy (non-hydrogen) atoms. The van der Waals surface area contributed by atoms with Gasteiger partial charge in [0.15, 0.2) is 8.32 Å². The lowest BCUT2D eigenvalue weighted by Gasteiger charge is -2.46. The molecule has 0 radical (unpaired) electrons. The van der Waals surface area contributed by atoms with Gasteiger partial charge in [-0.2, -0.15) is 0 Å². The van der Waals surface area contributed by atoms with Crippen molar-refractivity contribution in [2.24, 2.45) is 5.92 Å². The number of carbonyl (C=O) groups excluding carboxylic acids is 1. The second kappa shape index (κ2) is 4.72. The lowest BCUT2D eigenvalue weighted by molar-refractivity contribution is -0.145. The van der Waals surface area contributed by atoms with Crippen molar-refractivity contribution in [1.82, 2.24) is 4.31 Å². The highest BCUT2D eigenvalue weighted by Crippen LogP contribution is 2.50. The predicted octanol–water partition coefficient (Wildman–Crippen LogP) is 3.53. The molecule has 6 heteroatoms. The Hall–Kier alpha value is 0.347. The van der Waals surface area contributed by atoms with Gasteiger partial charge >= 0.3 is 0 Å². The van der Waals surface area contributed by atoms with Crippen LogP contribution in [0.4, 0.5) is 0 Å². The fourth-order valence-electron chi connectivity index (χ4n) is 2.07. The zero-order chi connectivity index (χ0) is 13.7. The maximum atomic E-state index is 12.0. The number of thioether (sulfide) groups is 1. The molecule has 104 valence electrons. The van der Waals surface area contributed by atoms with Gasteiger partial charge in [0.25, 0.3) is 0 Å². The van der Waals surface area contributed by atoms with E-state index in [1.165, 1.54) is 0 Å². The highest BCUT2D eigenvalue weighted by Gasteiger charge is 2.55. The molecule has 0 aromatic heterocycles. The third kappa shape index (κ3) is 2.37. The fraction of sp³-hybridized carbons (Fsp3) is 0.917. The van der Waals surface area contributed by atoms with Crippen LogP contribution in [0.2, 0.25) is 18.1 Å². The van der Waals surface area contributed by atoms with E-state index >= 15 is 0 Å². The van der Waals surface area contributed by atoms with Crippen molar-refractivity contribution in [1.29, 1.82) is 0 Å². The Morgan fingerprint density at radius 2 is 2.06 bits per heavy atom. The molecule has 1 amide bonds. The van der Waals surface area contributed by atoms with Crippen LogP contribution >= 0.6 is 23.7 Å². The third-order valence-electron chi connectivity index (χ3n) is 4.26. The first-order valence-corrected chi connectivity index (χ1v) is 11.3. The van der Waals surface area contributed by atoms with Crippen LogP contribution in [0.3, 0.4) is 0 Å². The number of hydrogen-bond donors (Lipinski definition) is 0. The van der Waals surface area contributed by atoms with E-state index in [0.29, 0.717) is 5.37 Å². The van der Waals surface area contributed by atoms with Crippen LogP contribution < -0.4 is 0 Å². The molecule has 0 aromatic rings.